The highest BCUT2D eigenvalue weighted by molar-refractivity contribution is 6.54. The topological polar surface area (TPSA) is 21.7 Å². The molecule has 0 bridgehead atoms. The fraction of sp³-hybridized carbons (Fsp3) is 0.182. The lowest BCUT2D eigenvalue weighted by Gasteiger charge is -2.26. The van der Waals surface area contributed by atoms with Crippen LogP contribution in [0.15, 0.2) is 78.9 Å². The Labute approximate surface area is 158 Å². The summed E-state index contributed by atoms with van der Waals surface area (Å²) in [7, 11) is 2.76. The second-order valence-electron chi connectivity index (χ2n) is 6.28. The van der Waals surface area contributed by atoms with Gasteiger partial charge in [0.1, 0.15) is 15.4 Å². The van der Waals surface area contributed by atoms with Crippen molar-refractivity contribution in [2.24, 2.45) is 0 Å². The number of methoxy groups -OCH3 is 2. The summed E-state index contributed by atoms with van der Waals surface area (Å²) >= 11 is 0. The van der Waals surface area contributed by atoms with Gasteiger partial charge in [0.15, 0.2) is 0 Å². The third-order valence-electron chi connectivity index (χ3n) is 4.43. The van der Waals surface area contributed by atoms with Crippen molar-refractivity contribution in [1.82, 2.24) is 0 Å². The zero-order valence-electron chi connectivity index (χ0n) is 15.6. The second-order valence-corrected chi connectivity index (χ2v) is 8.17. The van der Waals surface area contributed by atoms with Gasteiger partial charge in [-0.2, -0.15) is 0 Å². The van der Waals surface area contributed by atoms with E-state index in [4.69, 9.17) is 9.47 Å². The van der Waals surface area contributed by atoms with Crippen molar-refractivity contribution >= 4 is 31.8 Å². The molecule has 0 unspecified atom stereocenters. The van der Waals surface area contributed by atoms with Crippen molar-refractivity contribution in [2.45, 2.75) is 12.8 Å². The first-order valence-corrected chi connectivity index (χ1v) is 10.3. The van der Waals surface area contributed by atoms with Gasteiger partial charge in [-0.1, -0.05) is 53.2 Å². The fourth-order valence-corrected chi connectivity index (χ4v) is 4.18. The molecule has 0 fully saturated rings. The van der Waals surface area contributed by atoms with Crippen molar-refractivity contribution in [3.8, 4) is 0 Å². The van der Waals surface area contributed by atoms with Crippen LogP contribution in [0.2, 0.25) is 0 Å². The van der Waals surface area contributed by atoms with Gasteiger partial charge in [0.05, 0.1) is 0 Å². The highest BCUT2D eigenvalue weighted by Crippen LogP contribution is 2.33. The van der Waals surface area contributed by atoms with E-state index in [1.807, 2.05) is 6.07 Å². The molecule has 4 heteroatoms. The summed E-state index contributed by atoms with van der Waals surface area (Å²) in [6.45, 7) is 2.11. The van der Waals surface area contributed by atoms with Crippen molar-refractivity contribution < 1.29 is 9.47 Å². The van der Waals surface area contributed by atoms with E-state index in [0.29, 0.717) is 0 Å². The summed E-state index contributed by atoms with van der Waals surface area (Å²) in [4.78, 5) is 2.27. The van der Waals surface area contributed by atoms with Gasteiger partial charge >= 0.3 is 0 Å². The number of benzene rings is 3. The van der Waals surface area contributed by atoms with Crippen LogP contribution in [0.1, 0.15) is 5.56 Å². The average molecular weight is 364 g/mol. The van der Waals surface area contributed by atoms with Crippen molar-refractivity contribution in [2.75, 3.05) is 19.1 Å². The van der Waals surface area contributed by atoms with E-state index in [1.54, 1.807) is 14.2 Å². The Hall–Kier alpha value is -2.40. The number of aryl methyl sites for hydroxylation is 1. The van der Waals surface area contributed by atoms with Gasteiger partial charge in [-0.15, -0.1) is 0 Å². The van der Waals surface area contributed by atoms with Gasteiger partial charge in [0.2, 0.25) is 0 Å². The molecule has 0 saturated carbocycles. The molecule has 0 amide bonds. The molecule has 0 aliphatic rings. The smallest absolute Gasteiger partial charge is 0.139 e. The minimum atomic E-state index is -0.632. The highest BCUT2D eigenvalue weighted by Gasteiger charge is 2.13. The zero-order chi connectivity index (χ0) is 18.4. The molecule has 0 heterocycles. The predicted molar refractivity (Wildman–Crippen MR) is 112 cm³/mol. The first-order chi connectivity index (χ1) is 12.7. The molecule has 26 heavy (non-hydrogen) atoms. The number of rotatable bonds is 7. The molecule has 134 valence electrons. The Morgan fingerprint density at radius 2 is 1.19 bits per heavy atom. The van der Waals surface area contributed by atoms with Gasteiger partial charge in [0, 0.05) is 31.3 Å². The van der Waals surface area contributed by atoms with Crippen LogP contribution < -0.4 is 10.1 Å². The standard InChI is InChI=1S/C22H25NO2Si/c1-17-9-11-19(12-10-17)23(18-7-5-4-6-8-18)20-13-15-21(16-14-20)26-22(24-2)25-3/h4-16,22H,26H2,1-3H3. The minimum Gasteiger partial charge on any atom is -0.360 e. The summed E-state index contributed by atoms with van der Waals surface area (Å²) in [5.41, 5.74) is 4.70. The summed E-state index contributed by atoms with van der Waals surface area (Å²) < 4.78 is 10.7. The van der Waals surface area contributed by atoms with E-state index in [1.165, 1.54) is 10.8 Å². The summed E-state index contributed by atoms with van der Waals surface area (Å²) in [5.74, 6) is -0.0804. The van der Waals surface area contributed by atoms with Crippen LogP contribution in [0.25, 0.3) is 0 Å². The Balaban J connectivity index is 1.93. The first kappa shape index (κ1) is 18.4. The molecule has 3 rings (SSSR count). The predicted octanol–water partition coefficient (Wildman–Crippen LogP) is 3.84. The zero-order valence-corrected chi connectivity index (χ0v) is 17.0. The molecule has 0 radical (unpaired) electrons. The molecular weight excluding hydrogens is 338 g/mol. The van der Waals surface area contributed by atoms with Gasteiger partial charge in [-0.3, -0.25) is 0 Å². The Bertz CT molecular complexity index is 800. The molecule has 3 nitrogen and oxygen atoms in total. The number of ether oxygens (including phenoxy) is 2. The Morgan fingerprint density at radius 1 is 0.692 bits per heavy atom. The number of anilines is 3. The van der Waals surface area contributed by atoms with Crippen LogP contribution >= 0.6 is 0 Å². The summed E-state index contributed by atoms with van der Waals surface area (Å²) in [6.07, 6.45) is 0. The van der Waals surface area contributed by atoms with E-state index < -0.39 is 9.52 Å². The van der Waals surface area contributed by atoms with E-state index in [-0.39, 0.29) is 5.91 Å². The highest BCUT2D eigenvalue weighted by atomic mass is 28.2. The van der Waals surface area contributed by atoms with Gasteiger partial charge in [-0.25, -0.2) is 0 Å². The van der Waals surface area contributed by atoms with Gasteiger partial charge in [-0.05, 0) is 43.3 Å². The van der Waals surface area contributed by atoms with Crippen molar-refractivity contribution in [3.05, 3.63) is 84.4 Å². The van der Waals surface area contributed by atoms with Gasteiger partial charge < -0.3 is 14.4 Å². The molecule has 0 aliphatic heterocycles. The monoisotopic (exact) mass is 363 g/mol. The third kappa shape index (κ3) is 4.41. The van der Waals surface area contributed by atoms with E-state index >= 15 is 0 Å². The average Bonchev–Trinajstić information content (AvgIpc) is 2.70. The first-order valence-electron chi connectivity index (χ1n) is 8.77. The largest absolute Gasteiger partial charge is 0.360 e. The van der Waals surface area contributed by atoms with Crippen LogP contribution in [-0.4, -0.2) is 29.7 Å². The van der Waals surface area contributed by atoms with Gasteiger partial charge in [0.25, 0.3) is 0 Å². The van der Waals surface area contributed by atoms with Crippen LogP contribution in [-0.2, 0) is 9.47 Å². The molecule has 0 N–H and O–H groups in total. The molecule has 0 atom stereocenters. The van der Waals surface area contributed by atoms with Crippen LogP contribution in [0, 0.1) is 6.92 Å². The SMILES string of the molecule is COC(OC)[SiH2]c1ccc(N(c2ccccc2)c2ccc(C)cc2)cc1. The number of para-hydroxylation sites is 1. The normalized spacial score (nSPS) is 11.4. The fourth-order valence-electron chi connectivity index (χ4n) is 2.95. The Morgan fingerprint density at radius 3 is 1.73 bits per heavy atom. The van der Waals surface area contributed by atoms with Crippen molar-refractivity contribution in [1.29, 1.82) is 0 Å². The van der Waals surface area contributed by atoms with Crippen LogP contribution in [0.5, 0.6) is 0 Å². The lowest BCUT2D eigenvalue weighted by molar-refractivity contribution is -0.0429. The third-order valence-corrected chi connectivity index (χ3v) is 6.37. The maximum absolute atomic E-state index is 5.36. The Kier molecular flexibility index (Phi) is 6.23. The maximum Gasteiger partial charge on any atom is 0.139 e. The summed E-state index contributed by atoms with van der Waals surface area (Å²) in [5, 5.41) is 1.32. The van der Waals surface area contributed by atoms with E-state index in [9.17, 15) is 0 Å². The molecule has 0 aliphatic carbocycles. The lowest BCUT2D eigenvalue weighted by Crippen LogP contribution is -2.31. The van der Waals surface area contributed by atoms with Crippen LogP contribution in [0.4, 0.5) is 17.1 Å². The second kappa shape index (κ2) is 8.81. The minimum absolute atomic E-state index is 0.0804. The van der Waals surface area contributed by atoms with Crippen LogP contribution in [0.3, 0.4) is 0 Å². The maximum atomic E-state index is 5.36. The molecule has 3 aromatic rings. The molecule has 0 spiro atoms. The van der Waals surface area contributed by atoms with E-state index in [0.717, 1.165) is 17.1 Å². The molecular formula is C22H25NO2Si. The number of hydrogen-bond donors (Lipinski definition) is 0. The van der Waals surface area contributed by atoms with E-state index in [2.05, 4.69) is 84.6 Å². The summed E-state index contributed by atoms with van der Waals surface area (Å²) in [6, 6.07) is 27.8. The lowest BCUT2D eigenvalue weighted by atomic mass is 10.1. The molecule has 0 saturated heterocycles. The molecule has 3 aromatic carbocycles. The molecule has 0 aromatic heterocycles. The quantitative estimate of drug-likeness (QED) is 0.470. The number of hydrogen-bond acceptors (Lipinski definition) is 3. The number of nitrogens with zero attached hydrogens (tertiary/aromatic N) is 1. The van der Waals surface area contributed by atoms with Crippen molar-refractivity contribution in [3.63, 3.8) is 0 Å².